The molecule has 0 bridgehead atoms. The molecule has 1 aromatic heterocycles. The molecule has 1 heterocycles. The summed E-state index contributed by atoms with van der Waals surface area (Å²) >= 11 is 0. The second-order valence-electron chi connectivity index (χ2n) is 5.35. The third kappa shape index (κ3) is 3.29. The van der Waals surface area contributed by atoms with Crippen LogP contribution in [0, 0.1) is 11.3 Å². The fourth-order valence-electron chi connectivity index (χ4n) is 2.53. The quantitative estimate of drug-likeness (QED) is 0.754. The van der Waals surface area contributed by atoms with Gasteiger partial charge >= 0.3 is 0 Å². The van der Waals surface area contributed by atoms with Crippen molar-refractivity contribution in [2.45, 2.75) is 6.10 Å². The molecule has 5 nitrogen and oxygen atoms in total. The van der Waals surface area contributed by atoms with Gasteiger partial charge in [-0.1, -0.05) is 30.3 Å². The predicted octanol–water partition coefficient (Wildman–Crippen LogP) is 3.26. The first-order valence-corrected chi connectivity index (χ1v) is 7.57. The van der Waals surface area contributed by atoms with Crippen LogP contribution in [0.15, 0.2) is 54.6 Å². The molecule has 1 unspecified atom stereocenters. The van der Waals surface area contributed by atoms with Gasteiger partial charge in [0.2, 0.25) is 0 Å². The zero-order valence-electron chi connectivity index (χ0n) is 13.2. The average molecular weight is 319 g/mol. The third-order valence-corrected chi connectivity index (χ3v) is 3.82. The molecular formula is C19H17N3O2. The van der Waals surface area contributed by atoms with Gasteiger partial charge in [0.25, 0.3) is 0 Å². The first-order chi connectivity index (χ1) is 11.7. The number of hydrogen-bond acceptors (Lipinski definition) is 5. The highest BCUT2D eigenvalue weighted by Gasteiger charge is 2.10. The van der Waals surface area contributed by atoms with E-state index < -0.39 is 6.10 Å². The summed E-state index contributed by atoms with van der Waals surface area (Å²) in [6, 6.07) is 18.6. The van der Waals surface area contributed by atoms with Crippen LogP contribution in [0.25, 0.3) is 10.9 Å². The third-order valence-electron chi connectivity index (χ3n) is 3.82. The SMILES string of the molecule is COc1ccc(C(O)CNc2cc(C#N)nc3ccccc23)cc1. The van der Waals surface area contributed by atoms with Crippen LogP contribution in [0.3, 0.4) is 0 Å². The van der Waals surface area contributed by atoms with Gasteiger partial charge in [0.15, 0.2) is 0 Å². The highest BCUT2D eigenvalue weighted by Crippen LogP contribution is 2.24. The van der Waals surface area contributed by atoms with E-state index in [0.717, 1.165) is 27.9 Å². The minimum atomic E-state index is -0.673. The number of para-hydroxylation sites is 1. The van der Waals surface area contributed by atoms with E-state index in [4.69, 9.17) is 10.00 Å². The standard InChI is InChI=1S/C19H17N3O2/c1-24-15-8-6-13(7-9-15)19(23)12-21-18-10-14(11-20)22-17-5-3-2-4-16(17)18/h2-10,19,23H,12H2,1H3,(H,21,22). The first-order valence-electron chi connectivity index (χ1n) is 7.57. The van der Waals surface area contributed by atoms with E-state index >= 15 is 0 Å². The summed E-state index contributed by atoms with van der Waals surface area (Å²) < 4.78 is 5.12. The molecule has 0 saturated carbocycles. The van der Waals surface area contributed by atoms with Crippen molar-refractivity contribution in [3.8, 4) is 11.8 Å². The second kappa shape index (κ2) is 6.99. The van der Waals surface area contributed by atoms with Gasteiger partial charge in [-0.25, -0.2) is 4.98 Å². The van der Waals surface area contributed by atoms with Crippen LogP contribution in [-0.2, 0) is 0 Å². The lowest BCUT2D eigenvalue weighted by Gasteiger charge is -2.15. The number of benzene rings is 2. The highest BCUT2D eigenvalue weighted by atomic mass is 16.5. The van der Waals surface area contributed by atoms with Gasteiger partial charge in [0, 0.05) is 17.6 Å². The largest absolute Gasteiger partial charge is 0.497 e. The smallest absolute Gasteiger partial charge is 0.143 e. The molecule has 120 valence electrons. The van der Waals surface area contributed by atoms with Crippen molar-refractivity contribution in [1.82, 2.24) is 4.98 Å². The summed E-state index contributed by atoms with van der Waals surface area (Å²) in [5.74, 6) is 0.748. The molecule has 5 heteroatoms. The molecule has 1 atom stereocenters. The van der Waals surface area contributed by atoms with Gasteiger partial charge < -0.3 is 15.2 Å². The van der Waals surface area contributed by atoms with E-state index in [9.17, 15) is 5.11 Å². The van der Waals surface area contributed by atoms with Crippen LogP contribution < -0.4 is 10.1 Å². The Hall–Kier alpha value is -3.10. The van der Waals surface area contributed by atoms with Gasteiger partial charge in [-0.15, -0.1) is 0 Å². The summed E-state index contributed by atoms with van der Waals surface area (Å²) in [4.78, 5) is 4.28. The van der Waals surface area contributed by atoms with E-state index in [1.807, 2.05) is 48.5 Å². The molecule has 0 aliphatic heterocycles. The Labute approximate surface area is 140 Å². The fraction of sp³-hybridized carbons (Fsp3) is 0.158. The second-order valence-corrected chi connectivity index (χ2v) is 5.35. The van der Waals surface area contributed by atoms with Crippen LogP contribution >= 0.6 is 0 Å². The molecule has 0 saturated heterocycles. The number of ether oxygens (including phenoxy) is 1. The lowest BCUT2D eigenvalue weighted by Crippen LogP contribution is -2.12. The van der Waals surface area contributed by atoms with Crippen molar-refractivity contribution >= 4 is 16.6 Å². The van der Waals surface area contributed by atoms with Crippen molar-refractivity contribution in [2.75, 3.05) is 19.0 Å². The van der Waals surface area contributed by atoms with E-state index in [2.05, 4.69) is 16.4 Å². The number of fused-ring (bicyclic) bond motifs is 1. The Morgan fingerprint density at radius 3 is 2.67 bits per heavy atom. The number of aromatic nitrogens is 1. The molecule has 0 spiro atoms. The summed E-state index contributed by atoms with van der Waals surface area (Å²) in [7, 11) is 1.61. The van der Waals surface area contributed by atoms with Crippen molar-refractivity contribution < 1.29 is 9.84 Å². The molecular weight excluding hydrogens is 302 g/mol. The summed E-state index contributed by atoms with van der Waals surface area (Å²) in [6.07, 6.45) is -0.673. The Balaban J connectivity index is 1.80. The topological polar surface area (TPSA) is 78.2 Å². The number of nitriles is 1. The summed E-state index contributed by atoms with van der Waals surface area (Å²) in [6.45, 7) is 0.325. The number of methoxy groups -OCH3 is 1. The van der Waals surface area contributed by atoms with Crippen LogP contribution in [0.5, 0.6) is 5.75 Å². The molecule has 3 aromatic rings. The Morgan fingerprint density at radius 1 is 1.21 bits per heavy atom. The number of anilines is 1. The number of pyridine rings is 1. The Bertz CT molecular complexity index is 885. The number of rotatable bonds is 5. The normalized spacial score (nSPS) is 11.7. The highest BCUT2D eigenvalue weighted by molar-refractivity contribution is 5.91. The Morgan fingerprint density at radius 2 is 1.96 bits per heavy atom. The van der Waals surface area contributed by atoms with Crippen LogP contribution in [0.4, 0.5) is 5.69 Å². The minimum absolute atomic E-state index is 0.325. The lowest BCUT2D eigenvalue weighted by atomic mass is 10.1. The number of aliphatic hydroxyl groups is 1. The van der Waals surface area contributed by atoms with Crippen molar-refractivity contribution in [3.63, 3.8) is 0 Å². The number of nitrogens with one attached hydrogen (secondary N) is 1. The lowest BCUT2D eigenvalue weighted by molar-refractivity contribution is 0.191. The van der Waals surface area contributed by atoms with Crippen LogP contribution in [-0.4, -0.2) is 23.7 Å². The van der Waals surface area contributed by atoms with Gasteiger partial charge in [0.05, 0.1) is 18.7 Å². The maximum atomic E-state index is 10.4. The van der Waals surface area contributed by atoms with Crippen LogP contribution in [0.2, 0.25) is 0 Å². The number of hydrogen-bond donors (Lipinski definition) is 2. The fourth-order valence-corrected chi connectivity index (χ4v) is 2.53. The summed E-state index contributed by atoms with van der Waals surface area (Å²) in [5.41, 5.74) is 2.67. The van der Waals surface area contributed by atoms with Gasteiger partial charge in [-0.05, 0) is 29.8 Å². The van der Waals surface area contributed by atoms with E-state index in [1.165, 1.54) is 0 Å². The molecule has 2 N–H and O–H groups in total. The maximum Gasteiger partial charge on any atom is 0.143 e. The molecule has 0 aliphatic carbocycles. The van der Waals surface area contributed by atoms with Gasteiger partial charge in [-0.3, -0.25) is 0 Å². The molecule has 0 amide bonds. The first kappa shape index (κ1) is 15.8. The van der Waals surface area contributed by atoms with E-state index in [0.29, 0.717) is 12.2 Å². The molecule has 3 rings (SSSR count). The van der Waals surface area contributed by atoms with Crippen LogP contribution in [0.1, 0.15) is 17.4 Å². The Kier molecular flexibility index (Phi) is 4.59. The van der Waals surface area contributed by atoms with Gasteiger partial charge in [0.1, 0.15) is 17.5 Å². The van der Waals surface area contributed by atoms with E-state index in [1.54, 1.807) is 13.2 Å². The minimum Gasteiger partial charge on any atom is -0.497 e. The predicted molar refractivity (Wildman–Crippen MR) is 92.9 cm³/mol. The zero-order valence-corrected chi connectivity index (χ0v) is 13.2. The zero-order chi connectivity index (χ0) is 16.9. The molecule has 0 radical (unpaired) electrons. The maximum absolute atomic E-state index is 10.4. The van der Waals surface area contributed by atoms with Crippen molar-refractivity contribution in [3.05, 3.63) is 65.9 Å². The van der Waals surface area contributed by atoms with Crippen molar-refractivity contribution in [2.24, 2.45) is 0 Å². The monoisotopic (exact) mass is 319 g/mol. The molecule has 2 aromatic carbocycles. The molecule has 0 aliphatic rings. The van der Waals surface area contributed by atoms with E-state index in [-0.39, 0.29) is 0 Å². The van der Waals surface area contributed by atoms with Crippen molar-refractivity contribution in [1.29, 1.82) is 5.26 Å². The number of aliphatic hydroxyl groups excluding tert-OH is 1. The summed E-state index contributed by atoms with van der Waals surface area (Å²) in [5, 5.41) is 23.6. The van der Waals surface area contributed by atoms with Gasteiger partial charge in [-0.2, -0.15) is 5.26 Å². The number of nitrogens with zero attached hydrogens (tertiary/aromatic N) is 2. The molecule has 0 fully saturated rings. The average Bonchev–Trinajstić information content (AvgIpc) is 2.65. The molecule has 24 heavy (non-hydrogen) atoms.